The summed E-state index contributed by atoms with van der Waals surface area (Å²) in [6.45, 7) is 3.32. The molecule has 1 aliphatic rings. The van der Waals surface area contributed by atoms with Gasteiger partial charge in [0.25, 0.3) is 5.69 Å². The Labute approximate surface area is 128 Å². The summed E-state index contributed by atoms with van der Waals surface area (Å²) in [4.78, 5) is 23.3. The molecule has 116 valence electrons. The first-order valence-corrected chi connectivity index (χ1v) is 6.45. The number of hydrogen-bond donors (Lipinski definition) is 1. The van der Waals surface area contributed by atoms with Gasteiger partial charge in [-0.3, -0.25) is 15.0 Å². The van der Waals surface area contributed by atoms with Gasteiger partial charge in [-0.1, -0.05) is 0 Å². The molecule has 1 aromatic rings. The lowest BCUT2D eigenvalue weighted by Crippen LogP contribution is -2.25. The molecule has 0 unspecified atom stereocenters. The van der Waals surface area contributed by atoms with Crippen LogP contribution in [0, 0.1) is 10.1 Å². The van der Waals surface area contributed by atoms with Crippen molar-refractivity contribution in [3.8, 4) is 5.75 Å². The highest BCUT2D eigenvalue weighted by Gasteiger charge is 2.20. The smallest absolute Gasteiger partial charge is 0.342 e. The number of hydrogen-bond acceptors (Lipinski definition) is 5. The Morgan fingerprint density at radius 1 is 1.38 bits per heavy atom. The van der Waals surface area contributed by atoms with Crippen molar-refractivity contribution in [3.05, 3.63) is 33.9 Å². The van der Waals surface area contributed by atoms with E-state index in [0.29, 0.717) is 12.4 Å². The standard InChI is InChI=1S/C13H16N2O5.ClH/c16-13(17)11-4-3-10(9-12(11)15(18)19)20-8-7-14-5-1-2-6-14;/h3-4,9H,1-2,5-8H2,(H,16,17);1H. The van der Waals surface area contributed by atoms with Crippen LogP contribution in [-0.4, -0.2) is 47.1 Å². The van der Waals surface area contributed by atoms with Crippen molar-refractivity contribution in [1.82, 2.24) is 4.90 Å². The summed E-state index contributed by atoms with van der Waals surface area (Å²) in [6, 6.07) is 3.81. The molecule has 1 saturated heterocycles. The molecular formula is C13H17ClN2O5. The SMILES string of the molecule is Cl.O=C(O)c1ccc(OCCN2CCCC2)cc1[N+](=O)[O-]. The molecule has 0 spiro atoms. The van der Waals surface area contributed by atoms with Crippen molar-refractivity contribution in [1.29, 1.82) is 0 Å². The first-order chi connectivity index (χ1) is 9.58. The van der Waals surface area contributed by atoms with Gasteiger partial charge in [0, 0.05) is 6.54 Å². The maximum Gasteiger partial charge on any atom is 0.342 e. The number of nitro groups is 1. The third-order valence-electron chi connectivity index (χ3n) is 3.27. The van der Waals surface area contributed by atoms with Crippen molar-refractivity contribution >= 4 is 24.1 Å². The molecule has 8 heteroatoms. The van der Waals surface area contributed by atoms with Crippen LogP contribution < -0.4 is 4.74 Å². The first kappa shape index (κ1) is 17.2. The molecular weight excluding hydrogens is 300 g/mol. The maximum atomic E-state index is 10.9. The van der Waals surface area contributed by atoms with Gasteiger partial charge < -0.3 is 9.84 Å². The zero-order valence-electron chi connectivity index (χ0n) is 11.4. The Morgan fingerprint density at radius 3 is 2.62 bits per heavy atom. The molecule has 0 saturated carbocycles. The fourth-order valence-corrected chi connectivity index (χ4v) is 2.23. The molecule has 1 aliphatic heterocycles. The molecule has 1 aromatic carbocycles. The molecule has 1 heterocycles. The molecule has 0 bridgehead atoms. The van der Waals surface area contributed by atoms with E-state index in [4.69, 9.17) is 9.84 Å². The van der Waals surface area contributed by atoms with Gasteiger partial charge in [0.1, 0.15) is 17.9 Å². The second-order valence-electron chi connectivity index (χ2n) is 4.64. The normalized spacial score (nSPS) is 14.5. The summed E-state index contributed by atoms with van der Waals surface area (Å²) in [7, 11) is 0. The number of carboxylic acids is 1. The second-order valence-corrected chi connectivity index (χ2v) is 4.64. The highest BCUT2D eigenvalue weighted by molar-refractivity contribution is 5.92. The monoisotopic (exact) mass is 316 g/mol. The minimum absolute atomic E-state index is 0. The lowest BCUT2D eigenvalue weighted by molar-refractivity contribution is -0.385. The highest BCUT2D eigenvalue weighted by Crippen LogP contribution is 2.24. The van der Waals surface area contributed by atoms with E-state index in [1.807, 2.05) is 0 Å². The Morgan fingerprint density at radius 2 is 2.05 bits per heavy atom. The lowest BCUT2D eigenvalue weighted by Gasteiger charge is -2.14. The minimum atomic E-state index is -1.32. The topological polar surface area (TPSA) is 92.9 Å². The third-order valence-corrected chi connectivity index (χ3v) is 3.27. The molecule has 0 aliphatic carbocycles. The van der Waals surface area contributed by atoms with Crippen LogP contribution in [-0.2, 0) is 0 Å². The summed E-state index contributed by atoms with van der Waals surface area (Å²) >= 11 is 0. The third kappa shape index (κ3) is 4.57. The number of nitro benzene ring substituents is 1. The van der Waals surface area contributed by atoms with Gasteiger partial charge >= 0.3 is 5.97 Å². The Hall–Kier alpha value is -1.86. The quantitative estimate of drug-likeness (QED) is 0.638. The van der Waals surface area contributed by atoms with E-state index in [9.17, 15) is 14.9 Å². The number of ether oxygens (including phenoxy) is 1. The molecule has 1 fully saturated rings. The maximum absolute atomic E-state index is 10.9. The number of aromatic carboxylic acids is 1. The Kier molecular flexibility index (Phi) is 6.39. The van der Waals surface area contributed by atoms with Gasteiger partial charge in [-0.15, -0.1) is 12.4 Å². The number of carbonyl (C=O) groups is 1. The van der Waals surface area contributed by atoms with Crippen molar-refractivity contribution in [2.75, 3.05) is 26.2 Å². The largest absolute Gasteiger partial charge is 0.492 e. The molecule has 1 N–H and O–H groups in total. The number of halogens is 1. The van der Waals surface area contributed by atoms with Gasteiger partial charge in [-0.05, 0) is 38.1 Å². The van der Waals surface area contributed by atoms with E-state index in [1.54, 1.807) is 0 Å². The van der Waals surface area contributed by atoms with E-state index < -0.39 is 16.6 Å². The molecule has 2 rings (SSSR count). The fourth-order valence-electron chi connectivity index (χ4n) is 2.23. The molecule has 7 nitrogen and oxygen atoms in total. The van der Waals surface area contributed by atoms with Gasteiger partial charge in [-0.25, -0.2) is 4.79 Å². The van der Waals surface area contributed by atoms with Crippen LogP contribution in [0.4, 0.5) is 5.69 Å². The van der Waals surface area contributed by atoms with Gasteiger partial charge in [0.15, 0.2) is 0 Å². The van der Waals surface area contributed by atoms with E-state index in [1.165, 1.54) is 25.0 Å². The first-order valence-electron chi connectivity index (χ1n) is 6.45. The average Bonchev–Trinajstić information content (AvgIpc) is 2.91. The molecule has 0 aromatic heterocycles. The van der Waals surface area contributed by atoms with Crippen LogP contribution in [0.5, 0.6) is 5.75 Å². The van der Waals surface area contributed by atoms with Crippen LogP contribution in [0.2, 0.25) is 0 Å². The Bertz CT molecular complexity index is 517. The predicted octanol–water partition coefficient (Wildman–Crippen LogP) is 2.19. The summed E-state index contributed by atoms with van der Waals surface area (Å²) < 4.78 is 5.45. The fraction of sp³-hybridized carbons (Fsp3) is 0.462. The van der Waals surface area contributed by atoms with E-state index in [2.05, 4.69) is 4.90 Å². The van der Waals surface area contributed by atoms with Crippen molar-refractivity contribution < 1.29 is 19.6 Å². The highest BCUT2D eigenvalue weighted by atomic mass is 35.5. The van der Waals surface area contributed by atoms with Crippen molar-refractivity contribution in [2.24, 2.45) is 0 Å². The summed E-state index contributed by atoms with van der Waals surface area (Å²) in [5.74, 6) is -0.999. The summed E-state index contributed by atoms with van der Waals surface area (Å²) in [5, 5.41) is 19.7. The van der Waals surface area contributed by atoms with E-state index >= 15 is 0 Å². The van der Waals surface area contributed by atoms with E-state index in [0.717, 1.165) is 25.7 Å². The molecule has 21 heavy (non-hydrogen) atoms. The average molecular weight is 317 g/mol. The molecule has 0 radical (unpaired) electrons. The number of carboxylic acid groups (broad SMARTS) is 1. The van der Waals surface area contributed by atoms with Crippen LogP contribution in [0.25, 0.3) is 0 Å². The number of likely N-dealkylation sites (tertiary alicyclic amines) is 1. The van der Waals surface area contributed by atoms with Gasteiger partial charge in [-0.2, -0.15) is 0 Å². The number of benzene rings is 1. The van der Waals surface area contributed by atoms with E-state index in [-0.39, 0.29) is 18.0 Å². The molecule has 0 atom stereocenters. The Balaban J connectivity index is 0.00000220. The van der Waals surface area contributed by atoms with Crippen LogP contribution in [0.15, 0.2) is 18.2 Å². The zero-order chi connectivity index (χ0) is 14.5. The predicted molar refractivity (Wildman–Crippen MR) is 78.5 cm³/mol. The van der Waals surface area contributed by atoms with Crippen LogP contribution in [0.3, 0.4) is 0 Å². The molecule has 0 amide bonds. The lowest BCUT2D eigenvalue weighted by atomic mass is 10.2. The summed E-state index contributed by atoms with van der Waals surface area (Å²) in [5.41, 5.74) is -0.780. The number of nitrogens with zero attached hydrogens (tertiary/aromatic N) is 2. The van der Waals surface area contributed by atoms with Gasteiger partial charge in [0.05, 0.1) is 11.0 Å². The van der Waals surface area contributed by atoms with Crippen molar-refractivity contribution in [2.45, 2.75) is 12.8 Å². The van der Waals surface area contributed by atoms with Crippen LogP contribution in [0.1, 0.15) is 23.2 Å². The summed E-state index contributed by atoms with van der Waals surface area (Å²) in [6.07, 6.45) is 2.39. The minimum Gasteiger partial charge on any atom is -0.492 e. The van der Waals surface area contributed by atoms with Crippen LogP contribution >= 0.6 is 12.4 Å². The second kappa shape index (κ2) is 7.80. The number of rotatable bonds is 6. The van der Waals surface area contributed by atoms with Crippen molar-refractivity contribution in [3.63, 3.8) is 0 Å². The van der Waals surface area contributed by atoms with Gasteiger partial charge in [0.2, 0.25) is 0 Å². The zero-order valence-corrected chi connectivity index (χ0v) is 12.2.